The fourth-order valence-electron chi connectivity index (χ4n) is 1.99. The molecule has 0 spiro atoms. The first-order valence-corrected chi connectivity index (χ1v) is 5.81. The van der Waals surface area contributed by atoms with Gasteiger partial charge in [-0.15, -0.1) is 11.6 Å². The molecule has 1 aliphatic carbocycles. The lowest BCUT2D eigenvalue weighted by Crippen LogP contribution is -2.36. The highest BCUT2D eigenvalue weighted by molar-refractivity contribution is 6.21. The van der Waals surface area contributed by atoms with E-state index in [0.29, 0.717) is 6.61 Å². The third-order valence-corrected chi connectivity index (χ3v) is 3.26. The molecule has 0 bridgehead atoms. The minimum Gasteiger partial charge on any atom is -0.450 e. The third-order valence-electron chi connectivity index (χ3n) is 2.72. The Hall–Kier alpha value is -1.22. The SMILES string of the molecule is CCOC(=O)N[C@H]1Cc2ccccc2[C@@H]1Cl. The van der Waals surface area contributed by atoms with Crippen LogP contribution < -0.4 is 5.32 Å². The van der Waals surface area contributed by atoms with Crippen molar-refractivity contribution in [1.29, 1.82) is 0 Å². The Labute approximate surface area is 99.7 Å². The minimum absolute atomic E-state index is 0.0712. The number of amides is 1. The molecule has 1 N–H and O–H groups in total. The van der Waals surface area contributed by atoms with Crippen molar-refractivity contribution in [3.05, 3.63) is 35.4 Å². The topological polar surface area (TPSA) is 38.3 Å². The molecule has 16 heavy (non-hydrogen) atoms. The highest BCUT2D eigenvalue weighted by atomic mass is 35.5. The first kappa shape index (κ1) is 11.3. The van der Waals surface area contributed by atoms with Gasteiger partial charge in [0, 0.05) is 0 Å². The van der Waals surface area contributed by atoms with Crippen LogP contribution in [-0.2, 0) is 11.2 Å². The minimum atomic E-state index is -0.397. The van der Waals surface area contributed by atoms with Crippen LogP contribution in [0.3, 0.4) is 0 Å². The Bertz CT molecular complexity index is 394. The zero-order chi connectivity index (χ0) is 11.5. The highest BCUT2D eigenvalue weighted by Gasteiger charge is 2.31. The number of alkyl halides is 1. The van der Waals surface area contributed by atoms with Gasteiger partial charge in [-0.05, 0) is 24.5 Å². The number of halogens is 1. The summed E-state index contributed by atoms with van der Waals surface area (Å²) in [4.78, 5) is 11.3. The van der Waals surface area contributed by atoms with Crippen molar-refractivity contribution in [2.45, 2.75) is 24.8 Å². The average molecular weight is 240 g/mol. The molecule has 86 valence electrons. The van der Waals surface area contributed by atoms with Crippen molar-refractivity contribution in [2.75, 3.05) is 6.61 Å². The largest absolute Gasteiger partial charge is 0.450 e. The van der Waals surface area contributed by atoms with Crippen molar-refractivity contribution in [3.63, 3.8) is 0 Å². The lowest BCUT2D eigenvalue weighted by atomic mass is 10.1. The number of hydrogen-bond donors (Lipinski definition) is 1. The van der Waals surface area contributed by atoms with E-state index < -0.39 is 6.09 Å². The molecular formula is C12H14ClNO2. The van der Waals surface area contributed by atoms with Crippen LogP contribution in [0.1, 0.15) is 23.4 Å². The summed E-state index contributed by atoms with van der Waals surface area (Å²) in [5, 5.41) is 2.62. The van der Waals surface area contributed by atoms with E-state index in [4.69, 9.17) is 16.3 Å². The lowest BCUT2D eigenvalue weighted by molar-refractivity contribution is 0.148. The smallest absolute Gasteiger partial charge is 0.407 e. The number of carbonyl (C=O) groups is 1. The fourth-order valence-corrected chi connectivity index (χ4v) is 2.36. The normalized spacial score (nSPS) is 22.6. The number of ether oxygens (including phenoxy) is 1. The summed E-state index contributed by atoms with van der Waals surface area (Å²) in [6.45, 7) is 2.15. The number of benzene rings is 1. The van der Waals surface area contributed by atoms with Gasteiger partial charge in [-0.25, -0.2) is 4.79 Å². The lowest BCUT2D eigenvalue weighted by Gasteiger charge is -2.15. The van der Waals surface area contributed by atoms with Gasteiger partial charge in [0.1, 0.15) is 0 Å². The molecule has 0 unspecified atom stereocenters. The van der Waals surface area contributed by atoms with Crippen molar-refractivity contribution in [1.82, 2.24) is 5.32 Å². The zero-order valence-electron chi connectivity index (χ0n) is 9.07. The second-order valence-electron chi connectivity index (χ2n) is 3.78. The Morgan fingerprint density at radius 2 is 2.31 bits per heavy atom. The molecule has 2 atom stereocenters. The Kier molecular flexibility index (Phi) is 3.34. The summed E-state index contributed by atoms with van der Waals surface area (Å²) in [7, 11) is 0. The second-order valence-corrected chi connectivity index (χ2v) is 4.25. The van der Waals surface area contributed by atoms with Crippen LogP contribution in [0.5, 0.6) is 0 Å². The van der Waals surface area contributed by atoms with E-state index >= 15 is 0 Å². The van der Waals surface area contributed by atoms with Crippen molar-refractivity contribution in [3.8, 4) is 0 Å². The Morgan fingerprint density at radius 3 is 3.00 bits per heavy atom. The molecule has 0 saturated carbocycles. The van der Waals surface area contributed by atoms with Gasteiger partial charge >= 0.3 is 6.09 Å². The molecule has 1 aliphatic rings. The summed E-state index contributed by atoms with van der Waals surface area (Å²) in [6.07, 6.45) is 0.370. The van der Waals surface area contributed by atoms with Gasteiger partial charge in [0.05, 0.1) is 18.0 Å². The molecule has 3 nitrogen and oxygen atoms in total. The molecule has 0 aromatic heterocycles. The number of alkyl carbamates (subject to hydrolysis) is 1. The van der Waals surface area contributed by atoms with Crippen molar-refractivity contribution < 1.29 is 9.53 Å². The molecule has 1 aromatic carbocycles. The van der Waals surface area contributed by atoms with E-state index in [2.05, 4.69) is 5.32 Å². The van der Waals surface area contributed by atoms with Crippen LogP contribution in [0.4, 0.5) is 4.79 Å². The molecular weight excluding hydrogens is 226 g/mol. The van der Waals surface area contributed by atoms with Crippen LogP contribution in [0.15, 0.2) is 24.3 Å². The third kappa shape index (κ3) is 2.14. The van der Waals surface area contributed by atoms with Gasteiger partial charge in [-0.3, -0.25) is 0 Å². The Morgan fingerprint density at radius 1 is 1.56 bits per heavy atom. The number of hydrogen-bond acceptors (Lipinski definition) is 2. The van der Waals surface area contributed by atoms with Crippen LogP contribution in [0.2, 0.25) is 0 Å². The van der Waals surface area contributed by atoms with Gasteiger partial charge in [-0.2, -0.15) is 0 Å². The predicted octanol–water partition coefficient (Wildman–Crippen LogP) is 2.64. The fraction of sp³-hybridized carbons (Fsp3) is 0.417. The molecule has 1 aromatic rings. The zero-order valence-corrected chi connectivity index (χ0v) is 9.83. The number of carbonyl (C=O) groups excluding carboxylic acids is 1. The molecule has 0 heterocycles. The van der Waals surface area contributed by atoms with Gasteiger partial charge < -0.3 is 10.1 Å². The maximum atomic E-state index is 11.3. The van der Waals surface area contributed by atoms with Gasteiger partial charge in [0.2, 0.25) is 0 Å². The molecule has 1 amide bonds. The van der Waals surface area contributed by atoms with Crippen LogP contribution in [0.25, 0.3) is 0 Å². The monoisotopic (exact) mass is 239 g/mol. The summed E-state index contributed by atoms with van der Waals surface area (Å²) in [6, 6.07) is 7.91. The molecule has 0 radical (unpaired) electrons. The number of nitrogens with one attached hydrogen (secondary N) is 1. The van der Waals surface area contributed by atoms with E-state index in [1.165, 1.54) is 5.56 Å². The molecule has 0 fully saturated rings. The van der Waals surface area contributed by atoms with Crippen LogP contribution in [0, 0.1) is 0 Å². The van der Waals surface area contributed by atoms with E-state index in [-0.39, 0.29) is 11.4 Å². The van der Waals surface area contributed by atoms with E-state index in [1.807, 2.05) is 24.3 Å². The van der Waals surface area contributed by atoms with Gasteiger partial charge in [0.25, 0.3) is 0 Å². The number of rotatable bonds is 2. The van der Waals surface area contributed by atoms with E-state index in [0.717, 1.165) is 12.0 Å². The van der Waals surface area contributed by atoms with Gasteiger partial charge in [-0.1, -0.05) is 24.3 Å². The molecule has 0 saturated heterocycles. The highest BCUT2D eigenvalue weighted by Crippen LogP contribution is 2.36. The maximum absolute atomic E-state index is 11.3. The molecule has 0 aliphatic heterocycles. The quantitative estimate of drug-likeness (QED) is 0.806. The average Bonchev–Trinajstić information content (AvgIpc) is 2.57. The van der Waals surface area contributed by atoms with Crippen LogP contribution in [-0.4, -0.2) is 18.7 Å². The summed E-state index contributed by atoms with van der Waals surface area (Å²) >= 11 is 6.28. The van der Waals surface area contributed by atoms with E-state index in [9.17, 15) is 4.79 Å². The van der Waals surface area contributed by atoms with Gasteiger partial charge in [0.15, 0.2) is 0 Å². The molecule has 2 rings (SSSR count). The van der Waals surface area contributed by atoms with Crippen molar-refractivity contribution in [2.24, 2.45) is 0 Å². The predicted molar refractivity (Wildman–Crippen MR) is 62.7 cm³/mol. The first-order valence-electron chi connectivity index (χ1n) is 5.37. The van der Waals surface area contributed by atoms with Crippen LogP contribution >= 0.6 is 11.6 Å². The summed E-state index contributed by atoms with van der Waals surface area (Å²) in [5.74, 6) is 0. The summed E-state index contributed by atoms with van der Waals surface area (Å²) < 4.78 is 4.84. The van der Waals surface area contributed by atoms with Crippen molar-refractivity contribution >= 4 is 17.7 Å². The summed E-state index contributed by atoms with van der Waals surface area (Å²) in [5.41, 5.74) is 2.30. The maximum Gasteiger partial charge on any atom is 0.407 e. The standard InChI is InChI=1S/C12H14ClNO2/c1-2-16-12(15)14-10-7-8-5-3-4-6-9(8)11(10)13/h3-6,10-11H,2,7H2,1H3,(H,14,15)/t10-,11-/m0/s1. The second kappa shape index (κ2) is 4.74. The Balaban J connectivity index is 2.04. The first-order chi connectivity index (χ1) is 7.72. The number of fused-ring (bicyclic) bond motifs is 1. The molecule has 4 heteroatoms. The van der Waals surface area contributed by atoms with E-state index in [1.54, 1.807) is 6.92 Å².